The first kappa shape index (κ1) is 29.8. The fourth-order valence-corrected chi connectivity index (χ4v) is 7.41. The van der Waals surface area contributed by atoms with Gasteiger partial charge in [-0.05, 0) is 78.8 Å². The van der Waals surface area contributed by atoms with Crippen LogP contribution in [0.4, 0.5) is 0 Å². The standard InChI is InChI=1S/C48H30N4/c1-2-11-31(12-3-1)33-20-23-34(24-21-33)46-50-47(37-25-22-32-13-4-5-14-35(32)29-37)52-48(51-46)41-18-9-8-17-39(41)43-30-36-15-6-7-16-38(36)40-26-27-44-42(45(40)43)19-10-28-49-44/h1-30H. The van der Waals surface area contributed by atoms with E-state index in [1.54, 1.807) is 0 Å². The summed E-state index contributed by atoms with van der Waals surface area (Å²) < 4.78 is 0. The minimum atomic E-state index is 0.621. The lowest BCUT2D eigenvalue weighted by atomic mass is 9.89. The molecule has 0 saturated carbocycles. The average molecular weight is 663 g/mol. The summed E-state index contributed by atoms with van der Waals surface area (Å²) in [4.78, 5) is 20.3. The SMILES string of the molecule is c1ccc(-c2ccc(-c3nc(-c4ccc5ccccc5c4)nc(-c4ccccc4-c4cc5ccccc5c5ccc6ncccc6c45)n3)cc2)cc1. The molecule has 0 fully saturated rings. The van der Waals surface area contributed by atoms with Gasteiger partial charge in [-0.25, -0.2) is 15.0 Å². The van der Waals surface area contributed by atoms with Crippen molar-refractivity contribution in [2.75, 3.05) is 0 Å². The Morgan fingerprint density at radius 2 is 0.923 bits per heavy atom. The predicted molar refractivity (Wildman–Crippen MR) is 215 cm³/mol. The van der Waals surface area contributed by atoms with E-state index in [1.165, 1.54) is 27.1 Å². The van der Waals surface area contributed by atoms with Gasteiger partial charge in [-0.3, -0.25) is 4.98 Å². The molecule has 0 saturated heterocycles. The maximum absolute atomic E-state index is 5.23. The van der Waals surface area contributed by atoms with Gasteiger partial charge in [0, 0.05) is 28.3 Å². The van der Waals surface area contributed by atoms with Crippen molar-refractivity contribution < 1.29 is 0 Å². The highest BCUT2D eigenvalue weighted by Crippen LogP contribution is 2.42. The van der Waals surface area contributed by atoms with Crippen molar-refractivity contribution in [2.45, 2.75) is 0 Å². The third kappa shape index (κ3) is 5.17. The zero-order chi connectivity index (χ0) is 34.4. The summed E-state index contributed by atoms with van der Waals surface area (Å²) >= 11 is 0. The van der Waals surface area contributed by atoms with Crippen LogP contribution >= 0.6 is 0 Å². The van der Waals surface area contributed by atoms with E-state index in [9.17, 15) is 0 Å². The minimum Gasteiger partial charge on any atom is -0.256 e. The third-order valence-electron chi connectivity index (χ3n) is 9.96. The van der Waals surface area contributed by atoms with Crippen LogP contribution in [0.3, 0.4) is 0 Å². The lowest BCUT2D eigenvalue weighted by Gasteiger charge is -2.16. The molecule has 0 bridgehead atoms. The first-order valence-electron chi connectivity index (χ1n) is 17.5. The molecule has 0 amide bonds. The van der Waals surface area contributed by atoms with E-state index in [0.29, 0.717) is 17.5 Å². The van der Waals surface area contributed by atoms with Crippen LogP contribution in [0.15, 0.2) is 182 Å². The van der Waals surface area contributed by atoms with Crippen LogP contribution in [0.2, 0.25) is 0 Å². The maximum Gasteiger partial charge on any atom is 0.164 e. The van der Waals surface area contributed by atoms with Gasteiger partial charge < -0.3 is 0 Å². The van der Waals surface area contributed by atoms with Crippen LogP contribution in [0.25, 0.3) is 99.6 Å². The van der Waals surface area contributed by atoms with E-state index < -0.39 is 0 Å². The molecule has 0 radical (unpaired) electrons. The van der Waals surface area contributed by atoms with E-state index in [4.69, 9.17) is 19.9 Å². The van der Waals surface area contributed by atoms with Gasteiger partial charge in [0.2, 0.25) is 0 Å². The van der Waals surface area contributed by atoms with Gasteiger partial charge in [-0.15, -0.1) is 0 Å². The molecule has 8 aromatic carbocycles. The summed E-state index contributed by atoms with van der Waals surface area (Å²) in [6.45, 7) is 0. The monoisotopic (exact) mass is 662 g/mol. The molecule has 0 aliphatic heterocycles. The number of hydrogen-bond donors (Lipinski definition) is 0. The average Bonchev–Trinajstić information content (AvgIpc) is 3.23. The van der Waals surface area contributed by atoms with Crippen LogP contribution in [-0.2, 0) is 0 Å². The van der Waals surface area contributed by atoms with Gasteiger partial charge in [-0.2, -0.15) is 0 Å². The zero-order valence-electron chi connectivity index (χ0n) is 28.1. The third-order valence-corrected chi connectivity index (χ3v) is 9.96. The first-order valence-corrected chi connectivity index (χ1v) is 17.5. The summed E-state index contributed by atoms with van der Waals surface area (Å²) in [6.07, 6.45) is 1.86. The number of benzene rings is 8. The number of aromatic nitrogens is 4. The lowest BCUT2D eigenvalue weighted by molar-refractivity contribution is 1.07. The Hall–Kier alpha value is -7.04. The predicted octanol–water partition coefficient (Wildman–Crippen LogP) is 12.2. The zero-order valence-corrected chi connectivity index (χ0v) is 28.1. The summed E-state index contributed by atoms with van der Waals surface area (Å²) in [5.74, 6) is 1.88. The highest BCUT2D eigenvalue weighted by atomic mass is 15.0. The van der Waals surface area contributed by atoms with Crippen LogP contribution in [0.5, 0.6) is 0 Å². The van der Waals surface area contributed by atoms with Crippen molar-refractivity contribution in [1.82, 2.24) is 19.9 Å². The topological polar surface area (TPSA) is 51.6 Å². The number of rotatable bonds is 5. The molecule has 4 heteroatoms. The molecule has 0 aliphatic rings. The molecule has 2 heterocycles. The van der Waals surface area contributed by atoms with Crippen LogP contribution in [0.1, 0.15) is 0 Å². The molecule has 0 spiro atoms. The Kier molecular flexibility index (Phi) is 7.10. The molecule has 4 nitrogen and oxygen atoms in total. The molecule has 0 aliphatic carbocycles. The molecule has 52 heavy (non-hydrogen) atoms. The number of fused-ring (bicyclic) bond motifs is 6. The van der Waals surface area contributed by atoms with Crippen molar-refractivity contribution in [1.29, 1.82) is 0 Å². The summed E-state index contributed by atoms with van der Waals surface area (Å²) in [5.41, 5.74) is 8.24. The highest BCUT2D eigenvalue weighted by molar-refractivity contribution is 6.23. The van der Waals surface area contributed by atoms with Gasteiger partial charge in [0.1, 0.15) is 0 Å². The molecule has 10 aromatic rings. The second kappa shape index (κ2) is 12.4. The first-order chi connectivity index (χ1) is 25.8. The Balaban J connectivity index is 1.21. The van der Waals surface area contributed by atoms with E-state index in [1.807, 2.05) is 18.3 Å². The Morgan fingerprint density at radius 1 is 0.308 bits per heavy atom. The van der Waals surface area contributed by atoms with E-state index in [-0.39, 0.29) is 0 Å². The Labute approximate surface area is 300 Å². The maximum atomic E-state index is 5.23. The fraction of sp³-hybridized carbons (Fsp3) is 0. The fourth-order valence-electron chi connectivity index (χ4n) is 7.41. The second-order valence-corrected chi connectivity index (χ2v) is 13.1. The molecule has 0 atom stereocenters. The van der Waals surface area contributed by atoms with Gasteiger partial charge in [0.25, 0.3) is 0 Å². The molecule has 10 rings (SSSR count). The lowest BCUT2D eigenvalue weighted by Crippen LogP contribution is -2.01. The van der Waals surface area contributed by atoms with E-state index >= 15 is 0 Å². The van der Waals surface area contributed by atoms with Gasteiger partial charge in [0.05, 0.1) is 5.52 Å². The van der Waals surface area contributed by atoms with Crippen molar-refractivity contribution in [3.05, 3.63) is 182 Å². The van der Waals surface area contributed by atoms with E-state index in [0.717, 1.165) is 55.1 Å². The normalized spacial score (nSPS) is 11.5. The molecule has 0 unspecified atom stereocenters. The number of pyridine rings is 1. The van der Waals surface area contributed by atoms with Crippen molar-refractivity contribution in [3.8, 4) is 56.4 Å². The Bertz CT molecular complexity index is 2950. The summed E-state index contributed by atoms with van der Waals surface area (Å²) in [7, 11) is 0. The summed E-state index contributed by atoms with van der Waals surface area (Å²) in [6, 6.07) is 61.6. The van der Waals surface area contributed by atoms with Crippen LogP contribution in [0, 0.1) is 0 Å². The van der Waals surface area contributed by atoms with Crippen molar-refractivity contribution in [3.63, 3.8) is 0 Å². The van der Waals surface area contributed by atoms with Gasteiger partial charge in [0.15, 0.2) is 17.5 Å². The van der Waals surface area contributed by atoms with E-state index in [2.05, 4.69) is 164 Å². The van der Waals surface area contributed by atoms with Crippen LogP contribution in [-0.4, -0.2) is 19.9 Å². The molecule has 242 valence electrons. The smallest absolute Gasteiger partial charge is 0.164 e. The molecular formula is C48H30N4. The summed E-state index contributed by atoms with van der Waals surface area (Å²) in [5, 5.41) is 8.17. The number of hydrogen-bond acceptors (Lipinski definition) is 4. The van der Waals surface area contributed by atoms with Crippen LogP contribution < -0.4 is 0 Å². The second-order valence-electron chi connectivity index (χ2n) is 13.1. The Morgan fingerprint density at radius 3 is 1.77 bits per heavy atom. The largest absolute Gasteiger partial charge is 0.256 e. The quantitative estimate of drug-likeness (QED) is 0.172. The van der Waals surface area contributed by atoms with Crippen molar-refractivity contribution >= 4 is 43.2 Å². The van der Waals surface area contributed by atoms with Gasteiger partial charge >= 0.3 is 0 Å². The molecular weight excluding hydrogens is 633 g/mol. The minimum absolute atomic E-state index is 0.621. The molecule has 0 N–H and O–H groups in total. The molecule has 2 aromatic heterocycles. The number of nitrogens with zero attached hydrogens (tertiary/aromatic N) is 4. The van der Waals surface area contributed by atoms with Gasteiger partial charge in [-0.1, -0.05) is 152 Å². The van der Waals surface area contributed by atoms with Crippen molar-refractivity contribution in [2.24, 2.45) is 0 Å². The highest BCUT2D eigenvalue weighted by Gasteiger charge is 2.19.